The highest BCUT2D eigenvalue weighted by Gasteiger charge is 2.14. The van der Waals surface area contributed by atoms with Crippen LogP contribution in [-0.2, 0) is 0 Å². The summed E-state index contributed by atoms with van der Waals surface area (Å²) < 4.78 is 0. The molecule has 0 atom stereocenters. The second kappa shape index (κ2) is 8.99. The molecule has 0 spiro atoms. The zero-order valence-electron chi connectivity index (χ0n) is 17.7. The molecule has 0 unspecified atom stereocenters. The number of rotatable bonds is 5. The molecule has 0 radical (unpaired) electrons. The molecule has 1 amide bonds. The third kappa shape index (κ3) is 4.74. The molecule has 4 rings (SSSR count). The van der Waals surface area contributed by atoms with Gasteiger partial charge in [-0.3, -0.25) is 9.59 Å². The van der Waals surface area contributed by atoms with Crippen molar-refractivity contribution in [1.29, 1.82) is 0 Å². The number of H-pyrrole nitrogens is 1. The van der Waals surface area contributed by atoms with E-state index in [9.17, 15) is 9.59 Å². The van der Waals surface area contributed by atoms with Gasteiger partial charge in [0, 0.05) is 48.8 Å². The number of pyridine rings is 1. The largest absolute Gasteiger partial charge is 0.372 e. The van der Waals surface area contributed by atoms with Crippen molar-refractivity contribution in [3.8, 4) is 11.3 Å². The van der Waals surface area contributed by atoms with Crippen molar-refractivity contribution in [3.05, 3.63) is 64.2 Å². The van der Waals surface area contributed by atoms with Crippen molar-refractivity contribution in [2.24, 2.45) is 0 Å². The van der Waals surface area contributed by atoms with Crippen molar-refractivity contribution in [2.75, 3.05) is 35.7 Å². The number of aromatic amines is 1. The highest BCUT2D eigenvalue weighted by molar-refractivity contribution is 6.04. The van der Waals surface area contributed by atoms with Gasteiger partial charge in [-0.15, -0.1) is 0 Å². The molecule has 0 aliphatic carbocycles. The molecule has 1 aromatic carbocycles. The van der Waals surface area contributed by atoms with E-state index in [-0.39, 0.29) is 17.2 Å². The van der Waals surface area contributed by atoms with Crippen LogP contribution < -0.4 is 21.1 Å². The number of benzene rings is 1. The summed E-state index contributed by atoms with van der Waals surface area (Å²) in [5.41, 5.74) is 3.54. The van der Waals surface area contributed by atoms with Crippen LogP contribution in [0.2, 0.25) is 0 Å². The number of hydrogen-bond acceptors (Lipinski definition) is 6. The number of aromatic nitrogens is 3. The van der Waals surface area contributed by atoms with Gasteiger partial charge in [0.05, 0.1) is 5.69 Å². The van der Waals surface area contributed by atoms with Crippen LogP contribution in [0.5, 0.6) is 0 Å². The maximum atomic E-state index is 12.7. The molecule has 8 nitrogen and oxygen atoms in total. The van der Waals surface area contributed by atoms with Crippen LogP contribution in [0.1, 0.15) is 35.3 Å². The molecule has 8 heteroatoms. The lowest BCUT2D eigenvalue weighted by Crippen LogP contribution is -2.29. The average molecular weight is 419 g/mol. The average Bonchev–Trinajstić information content (AvgIpc) is 2.80. The molecule has 160 valence electrons. The zero-order valence-corrected chi connectivity index (χ0v) is 17.7. The summed E-state index contributed by atoms with van der Waals surface area (Å²) in [4.78, 5) is 38.8. The van der Waals surface area contributed by atoms with Crippen LogP contribution in [0.4, 0.5) is 17.3 Å². The van der Waals surface area contributed by atoms with Gasteiger partial charge in [-0.25, -0.2) is 9.97 Å². The first-order valence-electron chi connectivity index (χ1n) is 10.5. The number of amides is 1. The van der Waals surface area contributed by atoms with Gasteiger partial charge in [0.25, 0.3) is 11.5 Å². The summed E-state index contributed by atoms with van der Waals surface area (Å²) in [5, 5.41) is 5.64. The van der Waals surface area contributed by atoms with E-state index in [2.05, 4.69) is 30.5 Å². The number of nitrogens with zero attached hydrogens (tertiary/aromatic N) is 3. The van der Waals surface area contributed by atoms with Crippen molar-refractivity contribution < 1.29 is 4.79 Å². The van der Waals surface area contributed by atoms with Gasteiger partial charge >= 0.3 is 0 Å². The Hall–Kier alpha value is -3.68. The van der Waals surface area contributed by atoms with Crippen molar-refractivity contribution >= 4 is 23.2 Å². The highest BCUT2D eigenvalue weighted by Crippen LogP contribution is 2.22. The van der Waals surface area contributed by atoms with Crippen molar-refractivity contribution in [3.63, 3.8) is 0 Å². The van der Waals surface area contributed by atoms with Gasteiger partial charge < -0.3 is 20.5 Å². The Morgan fingerprint density at radius 1 is 1.06 bits per heavy atom. The van der Waals surface area contributed by atoms with E-state index >= 15 is 0 Å². The van der Waals surface area contributed by atoms with Crippen LogP contribution in [0, 0.1) is 6.92 Å². The van der Waals surface area contributed by atoms with E-state index < -0.39 is 0 Å². The van der Waals surface area contributed by atoms with Crippen LogP contribution in [0.25, 0.3) is 11.3 Å². The molecule has 1 fully saturated rings. The number of nitrogens with one attached hydrogen (secondary N) is 3. The molecule has 3 heterocycles. The topological polar surface area (TPSA) is 103 Å². The van der Waals surface area contributed by atoms with E-state index in [4.69, 9.17) is 0 Å². The molecule has 0 saturated carbocycles. The van der Waals surface area contributed by atoms with Gasteiger partial charge in [-0.2, -0.15) is 0 Å². The van der Waals surface area contributed by atoms with E-state index in [0.717, 1.165) is 24.5 Å². The van der Waals surface area contributed by atoms with Crippen molar-refractivity contribution in [1.82, 2.24) is 15.0 Å². The third-order valence-electron chi connectivity index (χ3n) is 5.38. The number of hydrogen-bond donors (Lipinski definition) is 3. The smallest absolute Gasteiger partial charge is 0.271 e. The van der Waals surface area contributed by atoms with E-state index in [1.807, 2.05) is 25.1 Å². The Morgan fingerprint density at radius 2 is 1.81 bits per heavy atom. The minimum atomic E-state index is -0.373. The van der Waals surface area contributed by atoms with E-state index in [1.165, 1.54) is 19.3 Å². The third-order valence-corrected chi connectivity index (χ3v) is 5.38. The van der Waals surface area contributed by atoms with Gasteiger partial charge in [-0.1, -0.05) is 0 Å². The molecular weight excluding hydrogens is 392 g/mol. The maximum Gasteiger partial charge on any atom is 0.271 e. The quantitative estimate of drug-likeness (QED) is 0.587. The molecule has 1 aliphatic heterocycles. The van der Waals surface area contributed by atoms with Crippen LogP contribution in [-0.4, -0.2) is 41.0 Å². The zero-order chi connectivity index (χ0) is 21.8. The number of anilines is 3. The van der Waals surface area contributed by atoms with E-state index in [1.54, 1.807) is 31.4 Å². The fraction of sp³-hybridized carbons (Fsp3) is 0.304. The van der Waals surface area contributed by atoms with Gasteiger partial charge in [0.15, 0.2) is 0 Å². The minimum Gasteiger partial charge on any atom is -0.372 e. The Balaban J connectivity index is 1.53. The van der Waals surface area contributed by atoms with Gasteiger partial charge in [0.2, 0.25) is 5.95 Å². The monoisotopic (exact) mass is 418 g/mol. The molecule has 3 N–H and O–H groups in total. The number of piperidine rings is 1. The Morgan fingerprint density at radius 3 is 2.52 bits per heavy atom. The Bertz CT molecular complexity index is 1130. The van der Waals surface area contributed by atoms with Crippen LogP contribution >= 0.6 is 0 Å². The fourth-order valence-electron chi connectivity index (χ4n) is 3.72. The number of carbonyl (C=O) groups is 1. The Labute approximate surface area is 180 Å². The van der Waals surface area contributed by atoms with E-state index in [0.29, 0.717) is 22.8 Å². The number of carbonyl (C=O) groups excluding carboxylic acids is 1. The summed E-state index contributed by atoms with van der Waals surface area (Å²) in [6.07, 6.45) is 5.24. The predicted octanol–water partition coefficient (Wildman–Crippen LogP) is 3.42. The molecule has 1 saturated heterocycles. The van der Waals surface area contributed by atoms with Gasteiger partial charge in [0.1, 0.15) is 5.69 Å². The number of aryl methyl sites for hydroxylation is 1. The minimum absolute atomic E-state index is 0.171. The summed E-state index contributed by atoms with van der Waals surface area (Å²) in [7, 11) is 1.74. The van der Waals surface area contributed by atoms with Crippen molar-refractivity contribution in [2.45, 2.75) is 26.2 Å². The Kier molecular flexibility index (Phi) is 5.97. The standard InChI is InChI=1S/C23H26N6O2/c1-15-12-19(28-23(24-2)26-15)17-13-20(22(31)25-14-17)27-21(30)16-6-8-18(9-7-16)29-10-4-3-5-11-29/h6-9,12-14H,3-5,10-11H2,1-2H3,(H,25,31)(H,27,30)(H,24,26,28). The van der Waals surface area contributed by atoms with Crippen LogP contribution in [0.3, 0.4) is 0 Å². The first kappa shape index (κ1) is 20.6. The molecule has 0 bridgehead atoms. The first-order chi connectivity index (χ1) is 15.0. The lowest BCUT2D eigenvalue weighted by molar-refractivity contribution is 0.102. The maximum absolute atomic E-state index is 12.7. The molecule has 2 aromatic heterocycles. The lowest BCUT2D eigenvalue weighted by atomic mass is 10.1. The highest BCUT2D eigenvalue weighted by atomic mass is 16.2. The van der Waals surface area contributed by atoms with Gasteiger partial charge in [-0.05, 0) is 62.6 Å². The second-order valence-corrected chi connectivity index (χ2v) is 7.65. The SMILES string of the molecule is CNc1nc(C)cc(-c2c[nH]c(=O)c(NC(=O)c3ccc(N4CCCCC4)cc3)c2)n1. The lowest BCUT2D eigenvalue weighted by Gasteiger charge is -2.28. The second-order valence-electron chi connectivity index (χ2n) is 7.65. The summed E-state index contributed by atoms with van der Waals surface area (Å²) in [6, 6.07) is 11.0. The normalized spacial score (nSPS) is 13.7. The molecule has 3 aromatic rings. The molecule has 31 heavy (non-hydrogen) atoms. The molecular formula is C23H26N6O2. The first-order valence-corrected chi connectivity index (χ1v) is 10.5. The summed E-state index contributed by atoms with van der Waals surface area (Å²) in [5.74, 6) is 0.156. The van der Waals surface area contributed by atoms with Crippen LogP contribution in [0.15, 0.2) is 47.4 Å². The summed E-state index contributed by atoms with van der Waals surface area (Å²) in [6.45, 7) is 3.96. The summed E-state index contributed by atoms with van der Waals surface area (Å²) >= 11 is 0. The predicted molar refractivity (Wildman–Crippen MR) is 123 cm³/mol. The fourth-order valence-corrected chi connectivity index (χ4v) is 3.72. The molecule has 1 aliphatic rings.